The van der Waals surface area contributed by atoms with Crippen LogP contribution in [0.4, 0.5) is 0 Å². The number of aromatic nitrogens is 1. The molecule has 0 N–H and O–H groups in total. The molecule has 0 saturated carbocycles. The molecule has 2 rings (SSSR count). The Morgan fingerprint density at radius 2 is 1.82 bits per heavy atom. The van der Waals surface area contributed by atoms with Gasteiger partial charge < -0.3 is 0 Å². The molecule has 0 bridgehead atoms. The molecule has 6 heteroatoms. The Morgan fingerprint density at radius 3 is 2.29 bits per heavy atom. The van der Waals surface area contributed by atoms with Gasteiger partial charge in [-0.15, -0.1) is 0 Å². The molecule has 90 valence electrons. The predicted molar refractivity (Wildman–Crippen MR) is 70.9 cm³/mol. The van der Waals surface area contributed by atoms with Gasteiger partial charge in [-0.3, -0.25) is 0 Å². The highest BCUT2D eigenvalue weighted by Crippen LogP contribution is 2.24. The van der Waals surface area contributed by atoms with Gasteiger partial charge in [0, 0.05) is 10.7 Å². The van der Waals surface area contributed by atoms with Crippen molar-refractivity contribution < 1.29 is 8.42 Å². The number of hydrogen-bond donors (Lipinski definition) is 0. The summed E-state index contributed by atoms with van der Waals surface area (Å²) in [5.74, 6) is 0. The van der Waals surface area contributed by atoms with Crippen LogP contribution in [0.25, 0.3) is 0 Å². The van der Waals surface area contributed by atoms with Gasteiger partial charge in [-0.05, 0) is 41.1 Å². The lowest BCUT2D eigenvalue weighted by molar-refractivity contribution is 0.587. The van der Waals surface area contributed by atoms with E-state index >= 15 is 0 Å². The molecule has 3 nitrogen and oxygen atoms in total. The molecular weight excluding hydrogens is 326 g/mol. The van der Waals surface area contributed by atoms with E-state index in [1.165, 1.54) is 12.3 Å². The van der Waals surface area contributed by atoms with Crippen LogP contribution in [-0.4, -0.2) is 12.4 Å². The zero-order valence-electron chi connectivity index (χ0n) is 8.89. The molecule has 17 heavy (non-hydrogen) atoms. The topological polar surface area (TPSA) is 39.1 Å². The normalized spacial score (nSPS) is 11.7. The fourth-order valence-corrected chi connectivity index (χ4v) is 3.77. The smallest absolute Gasteiger partial charge is 0.230 e. The zero-order chi connectivity index (χ0) is 12.6. The maximum atomic E-state index is 12.2. The first-order chi connectivity index (χ1) is 7.91. The molecule has 0 unspecified atom stereocenters. The first kappa shape index (κ1) is 12.7. The van der Waals surface area contributed by atoms with Gasteiger partial charge in [-0.1, -0.05) is 29.3 Å². The summed E-state index contributed by atoms with van der Waals surface area (Å²) in [4.78, 5) is 0.216. The third kappa shape index (κ3) is 2.41. The third-order valence-corrected chi connectivity index (χ3v) is 4.80. The van der Waals surface area contributed by atoms with E-state index in [0.29, 0.717) is 4.47 Å². The van der Waals surface area contributed by atoms with Crippen LogP contribution in [0.15, 0.2) is 45.9 Å². The number of nitrogens with zero attached hydrogens (tertiary/aromatic N) is 1. The van der Waals surface area contributed by atoms with E-state index in [1.807, 2.05) is 6.92 Å². The van der Waals surface area contributed by atoms with E-state index in [1.54, 1.807) is 24.3 Å². The summed E-state index contributed by atoms with van der Waals surface area (Å²) in [6.45, 7) is 1.90. The minimum absolute atomic E-state index is 0.150. The molecule has 0 radical (unpaired) electrons. The lowest BCUT2D eigenvalue weighted by Gasteiger charge is -2.07. The van der Waals surface area contributed by atoms with Crippen molar-refractivity contribution in [3.8, 4) is 0 Å². The summed E-state index contributed by atoms with van der Waals surface area (Å²) < 4.78 is 26.1. The van der Waals surface area contributed by atoms with E-state index in [2.05, 4.69) is 15.9 Å². The maximum Gasteiger partial charge on any atom is 0.268 e. The van der Waals surface area contributed by atoms with Crippen LogP contribution in [-0.2, 0) is 10.0 Å². The zero-order valence-corrected chi connectivity index (χ0v) is 12.1. The van der Waals surface area contributed by atoms with Gasteiger partial charge in [0.05, 0.1) is 4.90 Å². The van der Waals surface area contributed by atoms with Crippen molar-refractivity contribution in [1.82, 2.24) is 3.97 Å². The second-order valence-corrected chi connectivity index (χ2v) is 6.71. The Kier molecular flexibility index (Phi) is 3.34. The van der Waals surface area contributed by atoms with Gasteiger partial charge in [-0.25, -0.2) is 12.4 Å². The summed E-state index contributed by atoms with van der Waals surface area (Å²) in [5.41, 5.74) is 1.00. The van der Waals surface area contributed by atoms with Gasteiger partial charge in [-0.2, -0.15) is 0 Å². The minimum Gasteiger partial charge on any atom is -0.230 e. The number of hydrogen-bond acceptors (Lipinski definition) is 2. The van der Waals surface area contributed by atoms with Gasteiger partial charge in [0.25, 0.3) is 10.0 Å². The van der Waals surface area contributed by atoms with Crippen LogP contribution in [0.5, 0.6) is 0 Å². The fraction of sp³-hybridized carbons (Fsp3) is 0.0909. The average molecular weight is 335 g/mol. The fourth-order valence-electron chi connectivity index (χ4n) is 1.40. The minimum atomic E-state index is -3.61. The maximum absolute atomic E-state index is 12.2. The number of rotatable bonds is 2. The van der Waals surface area contributed by atoms with E-state index in [0.717, 1.165) is 9.54 Å². The van der Waals surface area contributed by atoms with E-state index < -0.39 is 10.0 Å². The average Bonchev–Trinajstić information content (AvgIpc) is 2.59. The van der Waals surface area contributed by atoms with Gasteiger partial charge >= 0.3 is 0 Å². The molecule has 1 aromatic carbocycles. The van der Waals surface area contributed by atoms with E-state index in [-0.39, 0.29) is 10.0 Å². The van der Waals surface area contributed by atoms with Gasteiger partial charge in [0.15, 0.2) is 0 Å². The molecule has 0 aliphatic heterocycles. The Balaban J connectivity index is 2.57. The standard InChI is InChI=1S/C11H9BrClNO2S/c1-8-2-4-10(5-3-8)17(15,16)14-7-9(12)6-11(14)13/h2-7H,1H3. The largest absolute Gasteiger partial charge is 0.268 e. The quantitative estimate of drug-likeness (QED) is 0.844. The molecule has 1 heterocycles. The third-order valence-electron chi connectivity index (χ3n) is 2.29. The van der Waals surface area contributed by atoms with Crippen molar-refractivity contribution in [2.75, 3.05) is 0 Å². The molecular formula is C11H9BrClNO2S. The molecule has 0 fully saturated rings. The van der Waals surface area contributed by atoms with Gasteiger partial charge in [0.2, 0.25) is 0 Å². The summed E-state index contributed by atoms with van der Waals surface area (Å²) in [7, 11) is -3.61. The van der Waals surface area contributed by atoms with Crippen LogP contribution >= 0.6 is 27.5 Å². The first-order valence-electron chi connectivity index (χ1n) is 4.77. The molecule has 0 saturated heterocycles. The summed E-state index contributed by atoms with van der Waals surface area (Å²) >= 11 is 9.05. The summed E-state index contributed by atoms with van der Waals surface area (Å²) in [6, 6.07) is 8.16. The van der Waals surface area contributed by atoms with Crippen LogP contribution in [0.2, 0.25) is 5.15 Å². The number of halogens is 2. The molecule has 0 aliphatic carbocycles. The van der Waals surface area contributed by atoms with Crippen molar-refractivity contribution in [2.24, 2.45) is 0 Å². The van der Waals surface area contributed by atoms with Crippen LogP contribution in [0.1, 0.15) is 5.56 Å². The molecule has 2 aromatic rings. The Bertz CT molecular complexity index is 647. The highest BCUT2D eigenvalue weighted by molar-refractivity contribution is 9.10. The van der Waals surface area contributed by atoms with E-state index in [9.17, 15) is 8.42 Å². The molecule has 0 aliphatic rings. The van der Waals surface area contributed by atoms with E-state index in [4.69, 9.17) is 11.6 Å². The Hall–Kier alpha value is -0.780. The SMILES string of the molecule is Cc1ccc(S(=O)(=O)n2cc(Br)cc2Cl)cc1. The van der Waals surface area contributed by atoms with Gasteiger partial charge in [0.1, 0.15) is 5.15 Å². The highest BCUT2D eigenvalue weighted by atomic mass is 79.9. The number of benzene rings is 1. The molecule has 0 amide bonds. The number of aryl methyl sites for hydroxylation is 1. The first-order valence-corrected chi connectivity index (χ1v) is 7.38. The molecule has 0 spiro atoms. The van der Waals surface area contributed by atoms with Crippen molar-refractivity contribution in [2.45, 2.75) is 11.8 Å². The van der Waals surface area contributed by atoms with Crippen molar-refractivity contribution in [3.05, 3.63) is 51.7 Å². The van der Waals surface area contributed by atoms with Crippen molar-refractivity contribution in [3.63, 3.8) is 0 Å². The van der Waals surface area contributed by atoms with Crippen LogP contribution < -0.4 is 0 Å². The molecule has 1 aromatic heterocycles. The highest BCUT2D eigenvalue weighted by Gasteiger charge is 2.19. The van der Waals surface area contributed by atoms with Crippen LogP contribution in [0.3, 0.4) is 0 Å². The predicted octanol–water partition coefficient (Wildman–Crippen LogP) is 3.45. The van der Waals surface area contributed by atoms with Crippen molar-refractivity contribution >= 4 is 37.6 Å². The lowest BCUT2D eigenvalue weighted by Crippen LogP contribution is -2.11. The van der Waals surface area contributed by atoms with Crippen molar-refractivity contribution in [1.29, 1.82) is 0 Å². The van der Waals surface area contributed by atoms with Crippen LogP contribution in [0, 0.1) is 6.92 Å². The molecule has 0 atom stereocenters. The Morgan fingerprint density at radius 1 is 1.24 bits per heavy atom. The lowest BCUT2D eigenvalue weighted by atomic mass is 10.2. The Labute approximate surface area is 113 Å². The summed E-state index contributed by atoms with van der Waals surface area (Å²) in [6.07, 6.45) is 1.43. The summed E-state index contributed by atoms with van der Waals surface area (Å²) in [5, 5.41) is 0.150. The second-order valence-electron chi connectivity index (χ2n) is 3.59. The monoisotopic (exact) mass is 333 g/mol. The second kappa shape index (κ2) is 4.48.